The number of hydrogen-bond donors (Lipinski definition) is 0. The van der Waals surface area contributed by atoms with Crippen molar-refractivity contribution in [1.29, 1.82) is 0 Å². The first-order valence-corrected chi connectivity index (χ1v) is 13.8. The van der Waals surface area contributed by atoms with Gasteiger partial charge in [-0.25, -0.2) is 9.59 Å². The third-order valence-corrected chi connectivity index (χ3v) is 7.12. The molecule has 1 aliphatic rings. The summed E-state index contributed by atoms with van der Waals surface area (Å²) in [6.07, 6.45) is 0. The topological polar surface area (TPSA) is 81.1 Å². The van der Waals surface area contributed by atoms with Crippen molar-refractivity contribution >= 4 is 28.8 Å². The summed E-state index contributed by atoms with van der Waals surface area (Å²) in [5, 5.41) is 0.735. The van der Waals surface area contributed by atoms with Crippen LogP contribution in [0.4, 0.5) is 4.79 Å². The van der Waals surface area contributed by atoms with Gasteiger partial charge in [-0.2, -0.15) is 0 Å². The van der Waals surface area contributed by atoms with Crippen LogP contribution in [0.1, 0.15) is 65.2 Å². The number of carbonyl (C=O) groups is 3. The van der Waals surface area contributed by atoms with E-state index in [2.05, 4.69) is 4.57 Å². The minimum atomic E-state index is -0.580. The Morgan fingerprint density at radius 1 is 0.927 bits per heavy atom. The van der Waals surface area contributed by atoms with Gasteiger partial charge in [0.15, 0.2) is 0 Å². The first-order valence-electron chi connectivity index (χ1n) is 13.8. The van der Waals surface area contributed by atoms with Gasteiger partial charge in [-0.1, -0.05) is 42.5 Å². The number of fused-ring (bicyclic) bond motifs is 3. The number of urea groups is 1. The Morgan fingerprint density at radius 2 is 1.63 bits per heavy atom. The second-order valence-electron chi connectivity index (χ2n) is 11.2. The van der Waals surface area contributed by atoms with E-state index in [-0.39, 0.29) is 17.9 Å². The summed E-state index contributed by atoms with van der Waals surface area (Å²) in [4.78, 5) is 42.1. The van der Waals surface area contributed by atoms with Gasteiger partial charge in [0.2, 0.25) is 0 Å². The van der Waals surface area contributed by atoms with Gasteiger partial charge < -0.3 is 18.9 Å². The van der Waals surface area contributed by atoms with Crippen molar-refractivity contribution in [3.05, 3.63) is 101 Å². The molecule has 0 saturated carbocycles. The zero-order valence-corrected chi connectivity index (χ0v) is 24.1. The lowest BCUT2D eigenvalue weighted by molar-refractivity contribution is 0.00693. The lowest BCUT2D eigenvalue weighted by Crippen LogP contribution is -2.41. The molecule has 0 fully saturated rings. The summed E-state index contributed by atoms with van der Waals surface area (Å²) in [7, 11) is 1.52. The fourth-order valence-electron chi connectivity index (χ4n) is 5.03. The Balaban J connectivity index is 1.54. The number of aromatic nitrogens is 1. The fraction of sp³-hybridized carbons (Fsp3) is 0.303. The van der Waals surface area contributed by atoms with E-state index < -0.39 is 5.60 Å². The number of esters is 1. The highest BCUT2D eigenvalue weighted by atomic mass is 16.6. The second-order valence-corrected chi connectivity index (χ2v) is 11.2. The van der Waals surface area contributed by atoms with Gasteiger partial charge in [0.05, 0.1) is 23.4 Å². The van der Waals surface area contributed by atoms with Gasteiger partial charge in [0, 0.05) is 31.0 Å². The Morgan fingerprint density at radius 3 is 2.29 bits per heavy atom. The summed E-state index contributed by atoms with van der Waals surface area (Å²) >= 11 is 0. The Kier molecular flexibility index (Phi) is 7.58. The summed E-state index contributed by atoms with van der Waals surface area (Å²) in [5.41, 5.74) is 4.01. The molecule has 0 saturated heterocycles. The minimum Gasteiger partial charge on any atom is -0.489 e. The zero-order chi connectivity index (χ0) is 29.3. The maximum atomic E-state index is 13.7. The number of rotatable bonds is 7. The van der Waals surface area contributed by atoms with Gasteiger partial charge in [0.1, 0.15) is 18.0 Å². The van der Waals surface area contributed by atoms with Crippen molar-refractivity contribution in [3.8, 4) is 5.75 Å². The first kappa shape index (κ1) is 28.0. The Bertz CT molecular complexity index is 1600. The third-order valence-electron chi connectivity index (χ3n) is 7.12. The standard InChI is InChI=1S/C33H35N3O5/c1-6-35-20-28-29(30(37)34(5)32(35)39)26-18-25(40-21-23-10-8-7-9-11-23)16-17-27(26)36(28)19-22-12-14-24(15-13-22)31(38)41-33(2,3)4/h7-18H,6,19-21H2,1-5H3. The summed E-state index contributed by atoms with van der Waals surface area (Å²) in [6.45, 7) is 9.02. The lowest BCUT2D eigenvalue weighted by atomic mass is 10.1. The molecule has 0 unspecified atom stereocenters. The summed E-state index contributed by atoms with van der Waals surface area (Å²) in [6, 6.07) is 22.6. The van der Waals surface area contributed by atoms with Crippen LogP contribution in [0.2, 0.25) is 0 Å². The number of benzene rings is 3. The molecule has 0 radical (unpaired) electrons. The normalized spacial score (nSPS) is 13.8. The Labute approximate surface area is 240 Å². The number of imide groups is 1. The van der Waals surface area contributed by atoms with Crippen molar-refractivity contribution in [2.24, 2.45) is 0 Å². The molecule has 5 rings (SSSR count). The van der Waals surface area contributed by atoms with Crippen LogP contribution in [0.5, 0.6) is 5.75 Å². The van der Waals surface area contributed by atoms with Crippen molar-refractivity contribution in [2.45, 2.75) is 53.0 Å². The third kappa shape index (κ3) is 5.82. The average molecular weight is 554 g/mol. The smallest absolute Gasteiger partial charge is 0.338 e. The van der Waals surface area contributed by atoms with Crippen LogP contribution >= 0.6 is 0 Å². The lowest BCUT2D eigenvalue weighted by Gasteiger charge is -2.23. The minimum absolute atomic E-state index is 0.297. The molecular formula is C33H35N3O5. The van der Waals surface area contributed by atoms with Crippen molar-refractivity contribution in [2.75, 3.05) is 13.6 Å². The van der Waals surface area contributed by atoms with E-state index in [9.17, 15) is 14.4 Å². The molecule has 0 spiro atoms. The van der Waals surface area contributed by atoms with E-state index in [0.717, 1.165) is 27.7 Å². The average Bonchev–Trinajstić information content (AvgIpc) is 3.20. The highest BCUT2D eigenvalue weighted by molar-refractivity contribution is 6.14. The monoisotopic (exact) mass is 553 g/mol. The highest BCUT2D eigenvalue weighted by Gasteiger charge is 2.34. The molecule has 3 aromatic carbocycles. The molecule has 8 heteroatoms. The quantitative estimate of drug-likeness (QED) is 0.253. The summed E-state index contributed by atoms with van der Waals surface area (Å²) < 4.78 is 13.7. The Hall–Kier alpha value is -4.59. The predicted molar refractivity (Wildman–Crippen MR) is 157 cm³/mol. The molecule has 41 heavy (non-hydrogen) atoms. The SMILES string of the molecule is CCN1Cc2c(c3cc(OCc4ccccc4)ccc3n2Cc2ccc(C(=O)OC(C)(C)C)cc2)C(=O)N(C)C1=O. The molecule has 4 aromatic rings. The van der Waals surface area contributed by atoms with E-state index in [1.165, 1.54) is 11.9 Å². The molecule has 2 heterocycles. The number of hydrogen-bond acceptors (Lipinski definition) is 5. The van der Waals surface area contributed by atoms with E-state index >= 15 is 0 Å². The maximum absolute atomic E-state index is 13.7. The molecule has 1 aliphatic heterocycles. The van der Waals surface area contributed by atoms with E-state index in [1.54, 1.807) is 17.0 Å². The number of carbonyl (C=O) groups excluding carboxylic acids is 3. The first-order chi connectivity index (χ1) is 19.6. The maximum Gasteiger partial charge on any atom is 0.338 e. The fourth-order valence-corrected chi connectivity index (χ4v) is 5.03. The summed E-state index contributed by atoms with van der Waals surface area (Å²) in [5.74, 6) is -0.0790. The zero-order valence-electron chi connectivity index (χ0n) is 24.1. The molecule has 3 amide bonds. The van der Waals surface area contributed by atoms with Crippen LogP contribution in [0.3, 0.4) is 0 Å². The predicted octanol–water partition coefficient (Wildman–Crippen LogP) is 6.25. The van der Waals surface area contributed by atoms with E-state index in [0.29, 0.717) is 43.1 Å². The van der Waals surface area contributed by atoms with Crippen LogP contribution in [0.15, 0.2) is 72.8 Å². The molecule has 0 aliphatic carbocycles. The van der Waals surface area contributed by atoms with Crippen LogP contribution in [0, 0.1) is 0 Å². The van der Waals surface area contributed by atoms with Crippen LogP contribution < -0.4 is 4.74 Å². The largest absolute Gasteiger partial charge is 0.489 e. The van der Waals surface area contributed by atoms with Gasteiger partial charge in [-0.15, -0.1) is 0 Å². The molecule has 0 bridgehead atoms. The second kappa shape index (κ2) is 11.1. The van der Waals surface area contributed by atoms with E-state index in [4.69, 9.17) is 9.47 Å². The van der Waals surface area contributed by atoms with Crippen LogP contribution in [-0.4, -0.2) is 51.5 Å². The van der Waals surface area contributed by atoms with E-state index in [1.807, 2.05) is 88.4 Å². The number of nitrogens with zero attached hydrogens (tertiary/aromatic N) is 3. The highest BCUT2D eigenvalue weighted by Crippen LogP contribution is 2.34. The van der Waals surface area contributed by atoms with Crippen LogP contribution in [0.25, 0.3) is 10.9 Å². The molecule has 8 nitrogen and oxygen atoms in total. The molecular weight excluding hydrogens is 518 g/mol. The van der Waals surface area contributed by atoms with Gasteiger partial charge >= 0.3 is 12.0 Å². The molecule has 0 N–H and O–H groups in total. The van der Waals surface area contributed by atoms with Crippen molar-refractivity contribution < 1.29 is 23.9 Å². The van der Waals surface area contributed by atoms with Crippen molar-refractivity contribution in [1.82, 2.24) is 14.4 Å². The van der Waals surface area contributed by atoms with Crippen LogP contribution in [-0.2, 0) is 24.4 Å². The molecule has 1 aromatic heterocycles. The molecule has 212 valence electrons. The number of ether oxygens (including phenoxy) is 2. The van der Waals surface area contributed by atoms with Gasteiger partial charge in [-0.3, -0.25) is 9.69 Å². The van der Waals surface area contributed by atoms with Gasteiger partial charge in [-0.05, 0) is 69.2 Å². The molecule has 0 atom stereocenters. The number of amides is 3. The van der Waals surface area contributed by atoms with Crippen molar-refractivity contribution in [3.63, 3.8) is 0 Å². The van der Waals surface area contributed by atoms with Gasteiger partial charge in [0.25, 0.3) is 5.91 Å².